The summed E-state index contributed by atoms with van der Waals surface area (Å²) in [5.74, 6) is 0.894. The van der Waals surface area contributed by atoms with Gasteiger partial charge in [-0.15, -0.1) is 0 Å². The minimum absolute atomic E-state index is 0.0447. The Morgan fingerprint density at radius 1 is 0.917 bits per heavy atom. The van der Waals surface area contributed by atoms with Crippen molar-refractivity contribution in [3.8, 4) is 5.75 Å². The van der Waals surface area contributed by atoms with E-state index in [-0.39, 0.29) is 5.91 Å². The van der Waals surface area contributed by atoms with Crippen molar-refractivity contribution in [2.75, 3.05) is 26.7 Å². The minimum atomic E-state index is 0.0447. The first-order valence-electron chi connectivity index (χ1n) is 8.42. The SMILES string of the molecule is COc1ccc(CCNC(=O)CNCCCc2ccccc2)cc1. The van der Waals surface area contributed by atoms with Gasteiger partial charge in [0.05, 0.1) is 13.7 Å². The Morgan fingerprint density at radius 2 is 1.62 bits per heavy atom. The van der Waals surface area contributed by atoms with Crippen LogP contribution in [0.25, 0.3) is 0 Å². The maximum atomic E-state index is 11.8. The van der Waals surface area contributed by atoms with Gasteiger partial charge < -0.3 is 15.4 Å². The number of hydrogen-bond acceptors (Lipinski definition) is 3. The Bertz CT molecular complexity index is 597. The summed E-state index contributed by atoms with van der Waals surface area (Å²) in [5.41, 5.74) is 2.52. The van der Waals surface area contributed by atoms with Crippen LogP contribution in [0.2, 0.25) is 0 Å². The largest absolute Gasteiger partial charge is 0.497 e. The molecule has 0 aromatic heterocycles. The summed E-state index contributed by atoms with van der Waals surface area (Å²) < 4.78 is 5.13. The van der Waals surface area contributed by atoms with Crippen LogP contribution >= 0.6 is 0 Å². The number of ether oxygens (including phenoxy) is 1. The summed E-state index contributed by atoms with van der Waals surface area (Å²) in [7, 11) is 1.65. The van der Waals surface area contributed by atoms with Gasteiger partial charge in [0, 0.05) is 6.54 Å². The van der Waals surface area contributed by atoms with Crippen LogP contribution < -0.4 is 15.4 Å². The summed E-state index contributed by atoms with van der Waals surface area (Å²) in [6.07, 6.45) is 2.89. The molecule has 24 heavy (non-hydrogen) atoms. The van der Waals surface area contributed by atoms with E-state index in [0.29, 0.717) is 13.1 Å². The molecule has 0 unspecified atom stereocenters. The highest BCUT2D eigenvalue weighted by Crippen LogP contribution is 2.11. The predicted molar refractivity (Wildman–Crippen MR) is 97.3 cm³/mol. The van der Waals surface area contributed by atoms with Gasteiger partial charge in [-0.3, -0.25) is 4.79 Å². The van der Waals surface area contributed by atoms with Crippen molar-refractivity contribution in [2.45, 2.75) is 19.3 Å². The Morgan fingerprint density at radius 3 is 2.33 bits per heavy atom. The number of rotatable bonds is 10. The molecule has 2 aromatic rings. The molecular weight excluding hydrogens is 300 g/mol. The molecule has 0 saturated carbocycles. The normalized spacial score (nSPS) is 10.4. The zero-order valence-corrected chi connectivity index (χ0v) is 14.3. The first kappa shape index (κ1) is 18.0. The lowest BCUT2D eigenvalue weighted by molar-refractivity contribution is -0.120. The van der Waals surface area contributed by atoms with Crippen molar-refractivity contribution in [1.29, 1.82) is 0 Å². The van der Waals surface area contributed by atoms with Crippen LogP contribution in [0.5, 0.6) is 5.75 Å². The van der Waals surface area contributed by atoms with Gasteiger partial charge in [-0.05, 0) is 49.1 Å². The topological polar surface area (TPSA) is 50.4 Å². The van der Waals surface area contributed by atoms with E-state index in [1.165, 1.54) is 11.1 Å². The monoisotopic (exact) mass is 326 g/mol. The number of methoxy groups -OCH3 is 1. The molecule has 0 radical (unpaired) electrons. The van der Waals surface area contributed by atoms with Crippen LogP contribution in [0.1, 0.15) is 17.5 Å². The molecule has 0 aliphatic heterocycles. The molecular formula is C20H26N2O2. The van der Waals surface area contributed by atoms with Gasteiger partial charge in [-0.2, -0.15) is 0 Å². The number of hydrogen-bond donors (Lipinski definition) is 2. The number of carbonyl (C=O) groups excluding carboxylic acids is 1. The highest BCUT2D eigenvalue weighted by Gasteiger charge is 2.01. The molecule has 0 saturated heterocycles. The summed E-state index contributed by atoms with van der Waals surface area (Å²) >= 11 is 0. The number of benzene rings is 2. The van der Waals surface area contributed by atoms with E-state index in [4.69, 9.17) is 4.74 Å². The van der Waals surface area contributed by atoms with Gasteiger partial charge in [0.25, 0.3) is 0 Å². The second-order valence-electron chi connectivity index (χ2n) is 5.71. The molecule has 0 spiro atoms. The summed E-state index contributed by atoms with van der Waals surface area (Å²) in [6.45, 7) is 1.87. The Kier molecular flexibility index (Phi) is 7.84. The minimum Gasteiger partial charge on any atom is -0.497 e. The van der Waals surface area contributed by atoms with E-state index in [1.807, 2.05) is 30.3 Å². The quantitative estimate of drug-likeness (QED) is 0.660. The number of nitrogens with one attached hydrogen (secondary N) is 2. The van der Waals surface area contributed by atoms with E-state index in [9.17, 15) is 4.79 Å². The third kappa shape index (κ3) is 6.84. The Hall–Kier alpha value is -2.33. The molecule has 2 aromatic carbocycles. The smallest absolute Gasteiger partial charge is 0.233 e. The maximum absolute atomic E-state index is 11.8. The standard InChI is InChI=1S/C20H26N2O2/c1-24-19-11-9-18(10-12-19)13-15-22-20(23)16-21-14-5-8-17-6-3-2-4-7-17/h2-4,6-7,9-12,21H,5,8,13-16H2,1H3,(H,22,23). The van der Waals surface area contributed by atoms with E-state index < -0.39 is 0 Å². The van der Waals surface area contributed by atoms with Gasteiger partial charge in [0.15, 0.2) is 0 Å². The van der Waals surface area contributed by atoms with Gasteiger partial charge in [0.1, 0.15) is 5.75 Å². The fraction of sp³-hybridized carbons (Fsp3) is 0.350. The van der Waals surface area contributed by atoms with Crippen LogP contribution in [0.15, 0.2) is 54.6 Å². The predicted octanol–water partition coefficient (Wildman–Crippen LogP) is 2.58. The molecule has 128 valence electrons. The molecule has 4 heteroatoms. The summed E-state index contributed by atoms with van der Waals surface area (Å²) in [5, 5.41) is 6.13. The molecule has 0 aliphatic carbocycles. The lowest BCUT2D eigenvalue weighted by atomic mass is 10.1. The molecule has 0 heterocycles. The molecule has 0 fully saturated rings. The third-order valence-corrected chi connectivity index (χ3v) is 3.84. The molecule has 4 nitrogen and oxygen atoms in total. The average molecular weight is 326 g/mol. The van der Waals surface area contributed by atoms with E-state index in [2.05, 4.69) is 34.9 Å². The number of carbonyl (C=O) groups is 1. The molecule has 2 rings (SSSR count). The fourth-order valence-corrected chi connectivity index (χ4v) is 2.47. The second kappa shape index (κ2) is 10.4. The second-order valence-corrected chi connectivity index (χ2v) is 5.71. The summed E-state index contributed by atoms with van der Waals surface area (Å²) in [6, 6.07) is 18.3. The van der Waals surface area contributed by atoms with Gasteiger partial charge in [-0.25, -0.2) is 0 Å². The molecule has 0 atom stereocenters. The van der Waals surface area contributed by atoms with Crippen molar-refractivity contribution < 1.29 is 9.53 Å². The van der Waals surface area contributed by atoms with Crippen molar-refractivity contribution in [3.63, 3.8) is 0 Å². The zero-order chi connectivity index (χ0) is 17.0. The van der Waals surface area contributed by atoms with Crippen molar-refractivity contribution in [3.05, 3.63) is 65.7 Å². The number of amides is 1. The maximum Gasteiger partial charge on any atom is 0.233 e. The van der Waals surface area contributed by atoms with Crippen molar-refractivity contribution in [1.82, 2.24) is 10.6 Å². The highest BCUT2D eigenvalue weighted by molar-refractivity contribution is 5.77. The van der Waals surface area contributed by atoms with Gasteiger partial charge in [0.2, 0.25) is 5.91 Å². The van der Waals surface area contributed by atoms with Crippen LogP contribution in [0, 0.1) is 0 Å². The fourth-order valence-electron chi connectivity index (χ4n) is 2.47. The molecule has 1 amide bonds. The third-order valence-electron chi connectivity index (χ3n) is 3.84. The lowest BCUT2D eigenvalue weighted by Crippen LogP contribution is -2.35. The van der Waals surface area contributed by atoms with E-state index in [1.54, 1.807) is 7.11 Å². The van der Waals surface area contributed by atoms with E-state index in [0.717, 1.165) is 31.6 Å². The average Bonchev–Trinajstić information content (AvgIpc) is 2.63. The lowest BCUT2D eigenvalue weighted by Gasteiger charge is -2.07. The van der Waals surface area contributed by atoms with Crippen LogP contribution in [-0.4, -0.2) is 32.7 Å². The summed E-state index contributed by atoms with van der Waals surface area (Å²) in [4.78, 5) is 11.8. The zero-order valence-electron chi connectivity index (χ0n) is 14.3. The Labute approximate surface area is 144 Å². The Balaban J connectivity index is 1.51. The molecule has 0 aliphatic rings. The van der Waals surface area contributed by atoms with Crippen LogP contribution in [0.3, 0.4) is 0 Å². The highest BCUT2D eigenvalue weighted by atomic mass is 16.5. The molecule has 2 N–H and O–H groups in total. The van der Waals surface area contributed by atoms with Crippen molar-refractivity contribution in [2.24, 2.45) is 0 Å². The van der Waals surface area contributed by atoms with Crippen LogP contribution in [-0.2, 0) is 17.6 Å². The van der Waals surface area contributed by atoms with Gasteiger partial charge in [-0.1, -0.05) is 42.5 Å². The van der Waals surface area contributed by atoms with Crippen LogP contribution in [0.4, 0.5) is 0 Å². The van der Waals surface area contributed by atoms with Crippen molar-refractivity contribution >= 4 is 5.91 Å². The first-order valence-corrected chi connectivity index (χ1v) is 8.42. The van der Waals surface area contributed by atoms with E-state index >= 15 is 0 Å². The van der Waals surface area contributed by atoms with Gasteiger partial charge >= 0.3 is 0 Å². The molecule has 0 bridgehead atoms. The first-order chi connectivity index (χ1) is 11.8. The number of aryl methyl sites for hydroxylation is 1.